The van der Waals surface area contributed by atoms with Crippen molar-refractivity contribution in [3.63, 3.8) is 0 Å². The van der Waals surface area contributed by atoms with Crippen molar-refractivity contribution in [1.29, 1.82) is 0 Å². The third-order valence-electron chi connectivity index (χ3n) is 2.83. The molecule has 74 valence electrons. The zero-order valence-electron chi connectivity index (χ0n) is 8.18. The monoisotopic (exact) mass is 192 g/mol. The van der Waals surface area contributed by atoms with E-state index in [4.69, 9.17) is 0 Å². The van der Waals surface area contributed by atoms with Crippen molar-refractivity contribution in [3.05, 3.63) is 40.8 Å². The Balaban J connectivity index is 2.27. The third kappa shape index (κ3) is 1.44. The molecule has 0 aliphatic carbocycles. The highest BCUT2D eigenvalue weighted by Gasteiger charge is 2.51. The SMILES string of the molecule is CC1(O)CCC(c2ccccc2)[N+]1=O. The molecule has 0 saturated carbocycles. The first-order valence-corrected chi connectivity index (χ1v) is 4.85. The van der Waals surface area contributed by atoms with Crippen LogP contribution in [-0.2, 0) is 0 Å². The van der Waals surface area contributed by atoms with Gasteiger partial charge in [-0.25, -0.2) is 0 Å². The Kier molecular flexibility index (Phi) is 2.11. The van der Waals surface area contributed by atoms with Crippen LogP contribution in [0.1, 0.15) is 31.4 Å². The van der Waals surface area contributed by atoms with E-state index in [-0.39, 0.29) is 6.04 Å². The molecule has 14 heavy (non-hydrogen) atoms. The Hall–Kier alpha value is -1.22. The summed E-state index contributed by atoms with van der Waals surface area (Å²) in [5.74, 6) is 0. The summed E-state index contributed by atoms with van der Waals surface area (Å²) in [6.45, 7) is 1.57. The fraction of sp³-hybridized carbons (Fsp3) is 0.455. The molecular weight excluding hydrogens is 178 g/mol. The molecule has 1 aliphatic rings. The summed E-state index contributed by atoms with van der Waals surface area (Å²) in [4.78, 5) is 11.7. The fourth-order valence-corrected chi connectivity index (χ4v) is 1.95. The van der Waals surface area contributed by atoms with Crippen LogP contribution >= 0.6 is 0 Å². The van der Waals surface area contributed by atoms with Gasteiger partial charge < -0.3 is 5.11 Å². The van der Waals surface area contributed by atoms with Gasteiger partial charge in [0, 0.05) is 28.6 Å². The average Bonchev–Trinajstić information content (AvgIpc) is 2.44. The highest BCUT2D eigenvalue weighted by atomic mass is 16.4. The van der Waals surface area contributed by atoms with Crippen LogP contribution < -0.4 is 0 Å². The Morgan fingerprint density at radius 2 is 2.07 bits per heavy atom. The summed E-state index contributed by atoms with van der Waals surface area (Å²) in [5.41, 5.74) is -0.208. The molecule has 2 unspecified atom stereocenters. The smallest absolute Gasteiger partial charge is 0.310 e. The molecule has 1 aliphatic heterocycles. The van der Waals surface area contributed by atoms with E-state index in [0.29, 0.717) is 6.42 Å². The number of nitrogens with zero attached hydrogens (tertiary/aromatic N) is 1. The first kappa shape index (κ1) is 9.34. The van der Waals surface area contributed by atoms with Gasteiger partial charge in [-0.2, -0.15) is 0 Å². The molecular formula is C11H14NO2+. The molecule has 1 heterocycles. The van der Waals surface area contributed by atoms with E-state index in [2.05, 4.69) is 0 Å². The van der Waals surface area contributed by atoms with Gasteiger partial charge in [0.05, 0.1) is 6.42 Å². The van der Waals surface area contributed by atoms with Gasteiger partial charge in [0.15, 0.2) is 0 Å². The van der Waals surface area contributed by atoms with Crippen LogP contribution in [0, 0.1) is 4.91 Å². The molecule has 0 radical (unpaired) electrons. The van der Waals surface area contributed by atoms with Gasteiger partial charge in [-0.1, -0.05) is 30.3 Å². The maximum atomic E-state index is 11.7. The first-order chi connectivity index (χ1) is 6.61. The van der Waals surface area contributed by atoms with Crippen LogP contribution in [-0.4, -0.2) is 15.6 Å². The highest BCUT2D eigenvalue weighted by Crippen LogP contribution is 2.36. The third-order valence-corrected chi connectivity index (χ3v) is 2.83. The van der Waals surface area contributed by atoms with E-state index in [0.717, 1.165) is 16.7 Å². The quantitative estimate of drug-likeness (QED) is 0.691. The van der Waals surface area contributed by atoms with Crippen LogP contribution in [0.2, 0.25) is 0 Å². The van der Waals surface area contributed by atoms with Gasteiger partial charge in [0.2, 0.25) is 6.04 Å². The molecule has 3 heteroatoms. The molecule has 2 rings (SSSR count). The van der Waals surface area contributed by atoms with E-state index in [1.165, 1.54) is 0 Å². The molecule has 1 fully saturated rings. The minimum absolute atomic E-state index is 0.189. The molecule has 0 spiro atoms. The molecule has 3 nitrogen and oxygen atoms in total. The van der Waals surface area contributed by atoms with Gasteiger partial charge in [-0.05, 0) is 0 Å². The second kappa shape index (κ2) is 3.17. The van der Waals surface area contributed by atoms with Gasteiger partial charge in [0.25, 0.3) is 0 Å². The van der Waals surface area contributed by atoms with E-state index in [1.807, 2.05) is 30.3 Å². The maximum absolute atomic E-state index is 11.7. The largest absolute Gasteiger partial charge is 0.332 e. The van der Waals surface area contributed by atoms with Crippen molar-refractivity contribution >= 4 is 0 Å². The highest BCUT2D eigenvalue weighted by molar-refractivity contribution is 5.17. The molecule has 2 atom stereocenters. The number of rotatable bonds is 1. The van der Waals surface area contributed by atoms with E-state index in [1.54, 1.807) is 6.92 Å². The summed E-state index contributed by atoms with van der Waals surface area (Å²) in [6.07, 6.45) is 1.26. The summed E-state index contributed by atoms with van der Waals surface area (Å²) < 4.78 is 0.808. The minimum atomic E-state index is -1.19. The summed E-state index contributed by atoms with van der Waals surface area (Å²) in [6, 6.07) is 9.41. The van der Waals surface area contributed by atoms with Crippen molar-refractivity contribution in [1.82, 2.24) is 0 Å². The van der Waals surface area contributed by atoms with Crippen molar-refractivity contribution in [2.75, 3.05) is 0 Å². The lowest BCUT2D eigenvalue weighted by molar-refractivity contribution is -0.680. The zero-order valence-corrected chi connectivity index (χ0v) is 8.18. The normalized spacial score (nSPS) is 32.1. The Labute approximate surface area is 82.9 Å². The number of nitroso groups, excluding NO2 is 1. The van der Waals surface area contributed by atoms with Gasteiger partial charge in [-0.15, -0.1) is 0 Å². The molecule has 1 aromatic rings. The van der Waals surface area contributed by atoms with E-state index < -0.39 is 5.72 Å². The van der Waals surface area contributed by atoms with E-state index in [9.17, 15) is 10.0 Å². The first-order valence-electron chi connectivity index (χ1n) is 4.85. The topological polar surface area (TPSA) is 40.3 Å². The lowest BCUT2D eigenvalue weighted by atomic mass is 10.1. The predicted octanol–water partition coefficient (Wildman–Crippen LogP) is 2.01. The molecule has 1 N–H and O–H groups in total. The van der Waals surface area contributed by atoms with Crippen LogP contribution in [0.15, 0.2) is 30.3 Å². The van der Waals surface area contributed by atoms with Gasteiger partial charge in [0.1, 0.15) is 0 Å². The van der Waals surface area contributed by atoms with Crippen molar-refractivity contribution in [2.24, 2.45) is 0 Å². The van der Waals surface area contributed by atoms with Gasteiger partial charge in [-0.3, -0.25) is 0 Å². The van der Waals surface area contributed by atoms with Crippen LogP contribution in [0.5, 0.6) is 0 Å². The summed E-state index contributed by atoms with van der Waals surface area (Å²) in [7, 11) is 0. The van der Waals surface area contributed by atoms with Crippen LogP contribution in [0.25, 0.3) is 0 Å². The Bertz CT molecular complexity index is 346. The standard InChI is InChI=1S/C11H14NO2/c1-11(13)8-7-10(12(11)14)9-5-3-2-4-6-9/h2-6,10,13H,7-8H2,1H3/q+1. The van der Waals surface area contributed by atoms with E-state index >= 15 is 0 Å². The molecule has 0 bridgehead atoms. The summed E-state index contributed by atoms with van der Waals surface area (Å²) >= 11 is 0. The Morgan fingerprint density at radius 1 is 1.43 bits per heavy atom. The molecule has 0 amide bonds. The number of hydrogen-bond donors (Lipinski definition) is 1. The van der Waals surface area contributed by atoms with Crippen molar-refractivity contribution in [3.8, 4) is 0 Å². The van der Waals surface area contributed by atoms with Crippen molar-refractivity contribution in [2.45, 2.75) is 31.5 Å². The number of hydrogen-bond acceptors (Lipinski definition) is 2. The second-order valence-corrected chi connectivity index (χ2v) is 4.01. The molecule has 1 aromatic carbocycles. The van der Waals surface area contributed by atoms with Crippen LogP contribution in [0.4, 0.5) is 0 Å². The van der Waals surface area contributed by atoms with Gasteiger partial charge >= 0.3 is 5.72 Å². The number of benzene rings is 1. The average molecular weight is 192 g/mol. The molecule has 0 aromatic heterocycles. The number of aliphatic hydroxyl groups is 1. The second-order valence-electron chi connectivity index (χ2n) is 4.01. The fourth-order valence-electron chi connectivity index (χ4n) is 1.95. The lowest BCUT2D eigenvalue weighted by Gasteiger charge is -2.07. The van der Waals surface area contributed by atoms with Crippen molar-refractivity contribution < 1.29 is 9.87 Å². The lowest BCUT2D eigenvalue weighted by Crippen LogP contribution is -2.32. The molecule has 1 saturated heterocycles. The maximum Gasteiger partial charge on any atom is 0.310 e. The summed E-state index contributed by atoms with van der Waals surface area (Å²) in [5, 5.41) is 9.71. The zero-order chi connectivity index (χ0) is 10.2. The Morgan fingerprint density at radius 3 is 2.57 bits per heavy atom. The minimum Gasteiger partial charge on any atom is -0.332 e. The predicted molar refractivity (Wildman–Crippen MR) is 52.7 cm³/mol. The van der Waals surface area contributed by atoms with Crippen LogP contribution in [0.3, 0.4) is 0 Å².